The molecule has 5 rings (SSSR count). The van der Waals surface area contributed by atoms with Gasteiger partial charge < -0.3 is 9.47 Å². The summed E-state index contributed by atoms with van der Waals surface area (Å²) < 4.78 is 14.3. The van der Waals surface area contributed by atoms with Gasteiger partial charge in [0.25, 0.3) is 0 Å². The number of nitrogens with zero attached hydrogens (tertiary/aromatic N) is 2. The van der Waals surface area contributed by atoms with E-state index in [0.29, 0.717) is 6.61 Å². The number of fused-ring (bicyclic) bond motifs is 1. The van der Waals surface area contributed by atoms with Crippen molar-refractivity contribution in [2.45, 2.75) is 25.5 Å². The Hall–Kier alpha value is -2.48. The number of benzene rings is 3. The van der Waals surface area contributed by atoms with Crippen molar-refractivity contribution in [2.24, 2.45) is 0 Å². The van der Waals surface area contributed by atoms with Gasteiger partial charge in [0, 0.05) is 29.2 Å². The van der Waals surface area contributed by atoms with Gasteiger partial charge in [0.15, 0.2) is 0 Å². The summed E-state index contributed by atoms with van der Waals surface area (Å²) in [6.07, 6.45) is 3.92. The number of ether oxygens (including phenoxy) is 2. The molecule has 0 aliphatic carbocycles. The quantitative estimate of drug-likeness (QED) is 0.338. The topological polar surface area (TPSA) is 42.0 Å². The van der Waals surface area contributed by atoms with Crippen LogP contribution in [0.15, 0.2) is 83.3 Å². The van der Waals surface area contributed by atoms with E-state index in [0.717, 1.165) is 53.2 Å². The molecule has 0 N–H and O–H groups in total. The second kappa shape index (κ2) is 11.6. The summed E-state index contributed by atoms with van der Waals surface area (Å²) in [5, 5.41) is 0. The van der Waals surface area contributed by atoms with Crippen LogP contribution in [0.5, 0.6) is 11.5 Å². The fourth-order valence-corrected chi connectivity index (χ4v) is 4.77. The van der Waals surface area contributed by atoms with Crippen LogP contribution in [0.3, 0.4) is 0 Å². The number of hydrogen-bond donors (Lipinski definition) is 0. The van der Waals surface area contributed by atoms with E-state index in [1.807, 2.05) is 83.8 Å². The standard InChI is InChI=1S/C14H18N2O2S.C12H9BrO/c1-19-15-8-6-12(7-9-15)16-13-5-3-2-4-11(13)10-18-14(16)17;13-10-6-8-12(9-7-10)14-11-4-2-1-3-5-11/h2-5,12H,6-10H2,1H3;1-9H. The molecule has 3 aromatic rings. The van der Waals surface area contributed by atoms with E-state index in [1.54, 1.807) is 11.9 Å². The second-order valence-electron chi connectivity index (χ2n) is 7.77. The van der Waals surface area contributed by atoms with Gasteiger partial charge in [0.2, 0.25) is 0 Å². The highest BCUT2D eigenvalue weighted by molar-refractivity contribution is 9.10. The number of amides is 1. The van der Waals surface area contributed by atoms with Crippen LogP contribution in [0.1, 0.15) is 18.4 Å². The first-order valence-electron chi connectivity index (χ1n) is 11.0. The van der Waals surface area contributed by atoms with Gasteiger partial charge in [0.05, 0.1) is 5.69 Å². The van der Waals surface area contributed by atoms with Crippen LogP contribution in [0.2, 0.25) is 0 Å². The SMILES string of the molecule is Brc1ccc(Oc2ccccc2)cc1.CSN1CCC(N2C(=O)OCc3ccccc32)CC1. The number of hydrogen-bond acceptors (Lipinski definition) is 5. The lowest BCUT2D eigenvalue weighted by atomic mass is 10.0. The van der Waals surface area contributed by atoms with Gasteiger partial charge in [-0.15, -0.1) is 0 Å². The fraction of sp³-hybridized carbons (Fsp3) is 0.269. The van der Waals surface area contributed by atoms with Crippen LogP contribution in [0.4, 0.5) is 10.5 Å². The molecule has 2 aliphatic heterocycles. The van der Waals surface area contributed by atoms with Gasteiger partial charge in [-0.3, -0.25) is 9.21 Å². The molecular formula is C26H27BrN2O3S. The Bertz CT molecular complexity index is 1040. The maximum Gasteiger partial charge on any atom is 0.414 e. The Labute approximate surface area is 207 Å². The first kappa shape index (κ1) is 23.7. The summed E-state index contributed by atoms with van der Waals surface area (Å²) in [4.78, 5) is 13.9. The summed E-state index contributed by atoms with van der Waals surface area (Å²) in [5.74, 6) is 1.70. The molecule has 0 saturated carbocycles. The maximum absolute atomic E-state index is 12.1. The predicted octanol–water partition coefficient (Wildman–Crippen LogP) is 7.13. The van der Waals surface area contributed by atoms with E-state index in [4.69, 9.17) is 9.47 Å². The van der Waals surface area contributed by atoms with Crippen molar-refractivity contribution >= 4 is 39.7 Å². The number of anilines is 1. The Morgan fingerprint density at radius 2 is 1.55 bits per heavy atom. The smallest absolute Gasteiger partial charge is 0.414 e. The summed E-state index contributed by atoms with van der Waals surface area (Å²) in [6, 6.07) is 25.8. The normalized spacial score (nSPS) is 16.3. The third-order valence-corrected chi connectivity index (χ3v) is 7.05. The van der Waals surface area contributed by atoms with Gasteiger partial charge in [-0.1, -0.05) is 64.3 Å². The lowest BCUT2D eigenvalue weighted by Gasteiger charge is -2.39. The highest BCUT2D eigenvalue weighted by atomic mass is 79.9. The maximum atomic E-state index is 12.1. The molecule has 0 bridgehead atoms. The van der Waals surface area contributed by atoms with Gasteiger partial charge in [0.1, 0.15) is 18.1 Å². The summed E-state index contributed by atoms with van der Waals surface area (Å²) >= 11 is 5.15. The molecule has 2 aliphatic rings. The largest absolute Gasteiger partial charge is 0.457 e. The van der Waals surface area contributed by atoms with Crippen LogP contribution < -0.4 is 9.64 Å². The average molecular weight is 527 g/mol. The molecule has 1 fully saturated rings. The summed E-state index contributed by atoms with van der Waals surface area (Å²) in [7, 11) is 0. The Morgan fingerprint density at radius 1 is 0.909 bits per heavy atom. The molecule has 2 heterocycles. The van der Waals surface area contributed by atoms with Crippen molar-refractivity contribution < 1.29 is 14.3 Å². The summed E-state index contributed by atoms with van der Waals surface area (Å²) in [5.41, 5.74) is 2.13. The molecule has 0 unspecified atom stereocenters. The number of carbonyl (C=O) groups excluding carboxylic acids is 1. The van der Waals surface area contributed by atoms with Crippen LogP contribution in [0.25, 0.3) is 0 Å². The minimum Gasteiger partial charge on any atom is -0.457 e. The third kappa shape index (κ3) is 6.31. The molecule has 3 aromatic carbocycles. The van der Waals surface area contributed by atoms with Gasteiger partial charge in [-0.2, -0.15) is 0 Å². The summed E-state index contributed by atoms with van der Waals surface area (Å²) in [6.45, 7) is 2.45. The highest BCUT2D eigenvalue weighted by Gasteiger charge is 2.33. The number of carbonyl (C=O) groups is 1. The van der Waals surface area contributed by atoms with Crippen molar-refractivity contribution in [1.29, 1.82) is 0 Å². The van der Waals surface area contributed by atoms with Gasteiger partial charge >= 0.3 is 6.09 Å². The minimum absolute atomic E-state index is 0.193. The first-order chi connectivity index (χ1) is 16.1. The Morgan fingerprint density at radius 3 is 2.24 bits per heavy atom. The van der Waals surface area contributed by atoms with Crippen molar-refractivity contribution in [3.63, 3.8) is 0 Å². The van der Waals surface area contributed by atoms with Crippen molar-refractivity contribution in [3.05, 3.63) is 88.9 Å². The van der Waals surface area contributed by atoms with Crippen LogP contribution in [0, 0.1) is 0 Å². The monoisotopic (exact) mass is 526 g/mol. The average Bonchev–Trinajstić information content (AvgIpc) is 2.87. The van der Waals surface area contributed by atoms with E-state index in [9.17, 15) is 4.79 Å². The van der Waals surface area contributed by atoms with Crippen molar-refractivity contribution in [1.82, 2.24) is 4.31 Å². The lowest BCUT2D eigenvalue weighted by Crippen LogP contribution is -2.48. The van der Waals surface area contributed by atoms with E-state index in [-0.39, 0.29) is 12.1 Å². The zero-order valence-corrected chi connectivity index (χ0v) is 20.9. The molecule has 1 saturated heterocycles. The molecule has 1 amide bonds. The van der Waals surface area contributed by atoms with E-state index in [1.165, 1.54) is 0 Å². The van der Waals surface area contributed by atoms with Crippen LogP contribution in [-0.2, 0) is 11.3 Å². The molecule has 172 valence electrons. The van der Waals surface area contributed by atoms with E-state index < -0.39 is 0 Å². The van der Waals surface area contributed by atoms with Gasteiger partial charge in [-0.25, -0.2) is 4.79 Å². The zero-order valence-electron chi connectivity index (χ0n) is 18.5. The zero-order chi connectivity index (χ0) is 23.0. The minimum atomic E-state index is -0.193. The molecular weight excluding hydrogens is 500 g/mol. The number of piperidine rings is 1. The Kier molecular flexibility index (Phi) is 8.31. The fourth-order valence-electron chi connectivity index (χ4n) is 3.93. The highest BCUT2D eigenvalue weighted by Crippen LogP contribution is 2.32. The Balaban J connectivity index is 0.000000165. The number of para-hydroxylation sites is 2. The number of rotatable bonds is 4. The predicted molar refractivity (Wildman–Crippen MR) is 138 cm³/mol. The number of halogens is 1. The van der Waals surface area contributed by atoms with Crippen LogP contribution in [-0.4, -0.2) is 35.8 Å². The molecule has 0 aromatic heterocycles. The van der Waals surface area contributed by atoms with Crippen molar-refractivity contribution in [2.75, 3.05) is 24.2 Å². The molecule has 0 spiro atoms. The van der Waals surface area contributed by atoms with Gasteiger partial charge in [-0.05, 0) is 61.6 Å². The molecule has 7 heteroatoms. The first-order valence-corrected chi connectivity index (χ1v) is 12.9. The van der Waals surface area contributed by atoms with E-state index >= 15 is 0 Å². The lowest BCUT2D eigenvalue weighted by molar-refractivity contribution is 0.136. The molecule has 0 radical (unpaired) electrons. The molecule has 5 nitrogen and oxygen atoms in total. The van der Waals surface area contributed by atoms with E-state index in [2.05, 4.69) is 26.5 Å². The van der Waals surface area contributed by atoms with Crippen molar-refractivity contribution in [3.8, 4) is 11.5 Å². The molecule has 33 heavy (non-hydrogen) atoms. The van der Waals surface area contributed by atoms with Crippen LogP contribution >= 0.6 is 27.9 Å². The third-order valence-electron chi connectivity index (χ3n) is 5.64. The second-order valence-corrected chi connectivity index (χ2v) is 9.56. The molecule has 0 atom stereocenters. The number of cyclic esters (lactones) is 1.